The topological polar surface area (TPSA) is 49.7 Å². The SMILES string of the molecule is C[C@H](O)c1ccc(OCCCCCCO)cc1. The van der Waals surface area contributed by atoms with Gasteiger partial charge in [-0.05, 0) is 43.9 Å². The predicted octanol–water partition coefficient (Wildman–Crippen LogP) is 2.67. The van der Waals surface area contributed by atoms with E-state index in [9.17, 15) is 5.11 Å². The van der Waals surface area contributed by atoms with Gasteiger partial charge in [-0.15, -0.1) is 0 Å². The normalized spacial score (nSPS) is 12.4. The minimum Gasteiger partial charge on any atom is -0.494 e. The molecule has 1 aromatic carbocycles. The number of hydrogen-bond acceptors (Lipinski definition) is 3. The van der Waals surface area contributed by atoms with Crippen LogP contribution >= 0.6 is 0 Å². The molecule has 1 atom stereocenters. The number of hydrogen-bond donors (Lipinski definition) is 2. The van der Waals surface area contributed by atoms with Crippen molar-refractivity contribution in [3.63, 3.8) is 0 Å². The average molecular weight is 238 g/mol. The quantitative estimate of drug-likeness (QED) is 0.685. The van der Waals surface area contributed by atoms with Crippen LogP contribution in [0.5, 0.6) is 5.75 Å². The van der Waals surface area contributed by atoms with Crippen LogP contribution in [0.3, 0.4) is 0 Å². The van der Waals surface area contributed by atoms with Gasteiger partial charge in [-0.2, -0.15) is 0 Å². The van der Waals surface area contributed by atoms with E-state index in [0.717, 1.165) is 37.0 Å². The van der Waals surface area contributed by atoms with Gasteiger partial charge in [0.05, 0.1) is 12.7 Å². The molecule has 0 spiro atoms. The number of rotatable bonds is 8. The van der Waals surface area contributed by atoms with E-state index in [-0.39, 0.29) is 6.61 Å². The standard InChI is InChI=1S/C14H22O3/c1-12(16)13-6-8-14(9-7-13)17-11-5-3-2-4-10-15/h6-9,12,15-16H,2-5,10-11H2,1H3/t12-/m0/s1. The van der Waals surface area contributed by atoms with Crippen LogP contribution in [-0.4, -0.2) is 23.4 Å². The van der Waals surface area contributed by atoms with Crippen LogP contribution in [0.25, 0.3) is 0 Å². The molecule has 2 N–H and O–H groups in total. The zero-order valence-corrected chi connectivity index (χ0v) is 10.4. The van der Waals surface area contributed by atoms with Gasteiger partial charge in [-0.25, -0.2) is 0 Å². The molecule has 0 amide bonds. The van der Waals surface area contributed by atoms with Crippen molar-refractivity contribution in [1.82, 2.24) is 0 Å². The van der Waals surface area contributed by atoms with Crippen molar-refractivity contribution in [2.75, 3.05) is 13.2 Å². The average Bonchev–Trinajstić information content (AvgIpc) is 2.34. The third-order valence-electron chi connectivity index (χ3n) is 2.68. The third-order valence-corrected chi connectivity index (χ3v) is 2.68. The summed E-state index contributed by atoms with van der Waals surface area (Å²) in [5, 5.41) is 18.0. The Bertz CT molecular complexity index is 293. The van der Waals surface area contributed by atoms with Crippen molar-refractivity contribution >= 4 is 0 Å². The predicted molar refractivity (Wildman–Crippen MR) is 68.1 cm³/mol. The van der Waals surface area contributed by atoms with Gasteiger partial charge in [-0.3, -0.25) is 0 Å². The van der Waals surface area contributed by atoms with Gasteiger partial charge in [0.15, 0.2) is 0 Å². The maximum atomic E-state index is 9.35. The molecule has 0 aliphatic rings. The van der Waals surface area contributed by atoms with Crippen LogP contribution in [0.15, 0.2) is 24.3 Å². The lowest BCUT2D eigenvalue weighted by Crippen LogP contribution is -1.98. The Morgan fingerprint density at radius 2 is 1.71 bits per heavy atom. The molecule has 0 saturated carbocycles. The van der Waals surface area contributed by atoms with Crippen LogP contribution in [0.4, 0.5) is 0 Å². The molecule has 0 aromatic heterocycles. The highest BCUT2D eigenvalue weighted by Crippen LogP contribution is 2.17. The van der Waals surface area contributed by atoms with Crippen molar-refractivity contribution < 1.29 is 14.9 Å². The molecular weight excluding hydrogens is 216 g/mol. The zero-order chi connectivity index (χ0) is 12.5. The Kier molecular flexibility index (Phi) is 6.67. The third kappa shape index (κ3) is 5.71. The fourth-order valence-corrected chi connectivity index (χ4v) is 1.60. The van der Waals surface area contributed by atoms with Gasteiger partial charge in [0, 0.05) is 6.61 Å². The summed E-state index contributed by atoms with van der Waals surface area (Å²) >= 11 is 0. The van der Waals surface area contributed by atoms with Crippen molar-refractivity contribution in [3.8, 4) is 5.75 Å². The Morgan fingerprint density at radius 3 is 2.29 bits per heavy atom. The molecule has 0 saturated heterocycles. The molecule has 0 aliphatic heterocycles. The van der Waals surface area contributed by atoms with E-state index in [0.29, 0.717) is 6.61 Å². The lowest BCUT2D eigenvalue weighted by atomic mass is 10.1. The van der Waals surface area contributed by atoms with E-state index in [1.165, 1.54) is 0 Å². The van der Waals surface area contributed by atoms with Crippen molar-refractivity contribution in [2.45, 2.75) is 38.7 Å². The number of unbranched alkanes of at least 4 members (excludes halogenated alkanes) is 3. The molecule has 1 rings (SSSR count). The summed E-state index contributed by atoms with van der Waals surface area (Å²) in [6.07, 6.45) is 3.61. The molecule has 0 unspecified atom stereocenters. The smallest absolute Gasteiger partial charge is 0.119 e. The highest BCUT2D eigenvalue weighted by atomic mass is 16.5. The molecule has 0 fully saturated rings. The molecule has 0 heterocycles. The highest BCUT2D eigenvalue weighted by Gasteiger charge is 2.00. The first-order chi connectivity index (χ1) is 8.24. The van der Waals surface area contributed by atoms with Crippen molar-refractivity contribution in [3.05, 3.63) is 29.8 Å². The van der Waals surface area contributed by atoms with Gasteiger partial charge in [0.1, 0.15) is 5.75 Å². The van der Waals surface area contributed by atoms with E-state index in [4.69, 9.17) is 9.84 Å². The number of aliphatic hydroxyl groups is 2. The molecular formula is C14H22O3. The van der Waals surface area contributed by atoms with Crippen LogP contribution < -0.4 is 4.74 Å². The van der Waals surface area contributed by atoms with E-state index in [1.54, 1.807) is 6.92 Å². The Labute approximate surface area is 103 Å². The first-order valence-corrected chi connectivity index (χ1v) is 6.25. The summed E-state index contributed by atoms with van der Waals surface area (Å²) in [7, 11) is 0. The van der Waals surface area contributed by atoms with E-state index in [1.807, 2.05) is 24.3 Å². The van der Waals surface area contributed by atoms with Gasteiger partial charge < -0.3 is 14.9 Å². The highest BCUT2D eigenvalue weighted by molar-refractivity contribution is 5.28. The molecule has 0 aliphatic carbocycles. The van der Waals surface area contributed by atoms with Gasteiger partial charge in [-0.1, -0.05) is 18.6 Å². The van der Waals surface area contributed by atoms with Crippen LogP contribution in [0.1, 0.15) is 44.3 Å². The lowest BCUT2D eigenvalue weighted by molar-refractivity contribution is 0.199. The summed E-state index contributed by atoms with van der Waals surface area (Å²) in [6, 6.07) is 7.53. The zero-order valence-electron chi connectivity index (χ0n) is 10.4. The molecule has 96 valence electrons. The van der Waals surface area contributed by atoms with Crippen molar-refractivity contribution in [2.24, 2.45) is 0 Å². The molecule has 17 heavy (non-hydrogen) atoms. The largest absolute Gasteiger partial charge is 0.494 e. The van der Waals surface area contributed by atoms with Gasteiger partial charge in [0.25, 0.3) is 0 Å². The van der Waals surface area contributed by atoms with Crippen molar-refractivity contribution in [1.29, 1.82) is 0 Å². The second kappa shape index (κ2) is 8.09. The number of benzene rings is 1. The first kappa shape index (κ1) is 14.0. The minimum atomic E-state index is -0.428. The molecule has 3 nitrogen and oxygen atoms in total. The summed E-state index contributed by atoms with van der Waals surface area (Å²) < 4.78 is 5.58. The lowest BCUT2D eigenvalue weighted by Gasteiger charge is -2.08. The van der Waals surface area contributed by atoms with E-state index < -0.39 is 6.10 Å². The van der Waals surface area contributed by atoms with E-state index in [2.05, 4.69) is 0 Å². The van der Waals surface area contributed by atoms with Crippen LogP contribution in [-0.2, 0) is 0 Å². The van der Waals surface area contributed by atoms with Gasteiger partial charge in [0.2, 0.25) is 0 Å². The Morgan fingerprint density at radius 1 is 1.06 bits per heavy atom. The summed E-state index contributed by atoms with van der Waals surface area (Å²) in [4.78, 5) is 0. The fourth-order valence-electron chi connectivity index (χ4n) is 1.60. The Balaban J connectivity index is 2.19. The number of ether oxygens (including phenoxy) is 1. The second-order valence-corrected chi connectivity index (χ2v) is 4.23. The molecule has 0 radical (unpaired) electrons. The minimum absolute atomic E-state index is 0.279. The first-order valence-electron chi connectivity index (χ1n) is 6.25. The Hall–Kier alpha value is -1.06. The van der Waals surface area contributed by atoms with Crippen LogP contribution in [0, 0.1) is 0 Å². The summed E-state index contributed by atoms with van der Waals surface area (Å²) in [5.74, 6) is 0.844. The molecule has 1 aromatic rings. The monoisotopic (exact) mass is 238 g/mol. The van der Waals surface area contributed by atoms with Gasteiger partial charge >= 0.3 is 0 Å². The maximum Gasteiger partial charge on any atom is 0.119 e. The maximum absolute atomic E-state index is 9.35. The van der Waals surface area contributed by atoms with E-state index >= 15 is 0 Å². The summed E-state index contributed by atoms with van der Waals surface area (Å²) in [5.41, 5.74) is 0.903. The molecule has 3 heteroatoms. The molecule has 0 bridgehead atoms. The van der Waals surface area contributed by atoms with Crippen LogP contribution in [0.2, 0.25) is 0 Å². The fraction of sp³-hybridized carbons (Fsp3) is 0.571. The number of aliphatic hydroxyl groups excluding tert-OH is 2. The second-order valence-electron chi connectivity index (χ2n) is 4.23. The summed E-state index contributed by atoms with van der Waals surface area (Å²) in [6.45, 7) is 2.73.